The maximum atomic E-state index is 4.96. The van der Waals surface area contributed by atoms with Gasteiger partial charge in [0, 0.05) is 12.0 Å². The van der Waals surface area contributed by atoms with Crippen LogP contribution < -0.4 is 5.32 Å². The van der Waals surface area contributed by atoms with Gasteiger partial charge in [0.2, 0.25) is 0 Å². The smallest absolute Gasteiger partial charge is 0.321 e. The molecule has 0 aliphatic rings. The Balaban J connectivity index is 2.64. The van der Waals surface area contributed by atoms with Gasteiger partial charge in [-0.2, -0.15) is 4.98 Å². The van der Waals surface area contributed by atoms with Crippen LogP contribution >= 0.6 is 0 Å². The molecule has 0 saturated carbocycles. The lowest BCUT2D eigenvalue weighted by Gasteiger charge is -2.17. The Morgan fingerprint density at radius 3 is 2.50 bits per heavy atom. The summed E-state index contributed by atoms with van der Waals surface area (Å²) < 4.78 is 4.96. The first-order chi connectivity index (χ1) is 5.51. The van der Waals surface area contributed by atoms with E-state index in [4.69, 9.17) is 4.52 Å². The number of hydrogen-bond donors (Lipinski definition) is 1. The zero-order chi connectivity index (χ0) is 9.19. The van der Waals surface area contributed by atoms with E-state index in [9.17, 15) is 0 Å². The highest BCUT2D eigenvalue weighted by molar-refractivity contribution is 5.22. The summed E-state index contributed by atoms with van der Waals surface area (Å²) in [4.78, 5) is 4.13. The summed E-state index contributed by atoms with van der Waals surface area (Å²) in [6.45, 7) is 8.13. The van der Waals surface area contributed by atoms with Gasteiger partial charge >= 0.3 is 6.01 Å². The van der Waals surface area contributed by atoms with E-state index in [0.717, 1.165) is 12.2 Å². The molecular weight excluding hydrogens is 154 g/mol. The second-order valence-corrected chi connectivity index (χ2v) is 3.74. The van der Waals surface area contributed by atoms with Crippen LogP contribution in [0.1, 0.15) is 33.5 Å². The summed E-state index contributed by atoms with van der Waals surface area (Å²) in [5.41, 5.74) is -0.0302. The van der Waals surface area contributed by atoms with Crippen molar-refractivity contribution < 1.29 is 4.52 Å². The molecule has 0 amide bonds. The Morgan fingerprint density at radius 1 is 1.42 bits per heavy atom. The topological polar surface area (TPSA) is 51.0 Å². The number of nitrogens with one attached hydrogen (secondary N) is 1. The number of aromatic nitrogens is 2. The molecule has 0 atom stereocenters. The van der Waals surface area contributed by atoms with Crippen LogP contribution in [0, 0.1) is 0 Å². The van der Waals surface area contributed by atoms with Crippen LogP contribution in [0.5, 0.6) is 0 Å². The van der Waals surface area contributed by atoms with Gasteiger partial charge in [0.25, 0.3) is 0 Å². The van der Waals surface area contributed by atoms with Crippen LogP contribution in [-0.2, 0) is 6.42 Å². The summed E-state index contributed by atoms with van der Waals surface area (Å²) >= 11 is 0. The van der Waals surface area contributed by atoms with Gasteiger partial charge in [-0.1, -0.05) is 12.1 Å². The van der Waals surface area contributed by atoms with E-state index in [1.165, 1.54) is 0 Å². The summed E-state index contributed by atoms with van der Waals surface area (Å²) in [7, 11) is 0. The molecule has 4 nitrogen and oxygen atoms in total. The van der Waals surface area contributed by atoms with E-state index < -0.39 is 0 Å². The maximum Gasteiger partial charge on any atom is 0.321 e. The van der Waals surface area contributed by atoms with Crippen LogP contribution in [0.25, 0.3) is 0 Å². The molecule has 0 radical (unpaired) electrons. The number of hydrogen-bond acceptors (Lipinski definition) is 4. The molecule has 68 valence electrons. The second-order valence-electron chi connectivity index (χ2n) is 3.74. The van der Waals surface area contributed by atoms with Crippen LogP contribution in [0.2, 0.25) is 0 Å². The SMILES string of the molecule is CCc1noc(NC(C)(C)C)n1. The molecule has 1 aromatic rings. The largest absolute Gasteiger partial charge is 0.333 e. The van der Waals surface area contributed by atoms with Crippen molar-refractivity contribution in [2.24, 2.45) is 0 Å². The molecule has 0 aromatic carbocycles. The molecule has 12 heavy (non-hydrogen) atoms. The summed E-state index contributed by atoms with van der Waals surface area (Å²) in [5.74, 6) is 0.738. The van der Waals surface area contributed by atoms with Gasteiger partial charge < -0.3 is 9.84 Å². The quantitative estimate of drug-likeness (QED) is 0.734. The first-order valence-electron chi connectivity index (χ1n) is 4.12. The third-order valence-electron chi connectivity index (χ3n) is 1.27. The predicted octanol–water partition coefficient (Wildman–Crippen LogP) is 1.84. The Morgan fingerprint density at radius 2 is 2.08 bits per heavy atom. The third-order valence-corrected chi connectivity index (χ3v) is 1.27. The van der Waals surface area contributed by atoms with Gasteiger partial charge in [-0.15, -0.1) is 0 Å². The highest BCUT2D eigenvalue weighted by atomic mass is 16.5. The normalized spacial score (nSPS) is 11.7. The van der Waals surface area contributed by atoms with Gasteiger partial charge in [-0.3, -0.25) is 0 Å². The highest BCUT2D eigenvalue weighted by Gasteiger charge is 2.13. The minimum atomic E-state index is -0.0302. The molecular formula is C8H15N3O. The Bertz CT molecular complexity index is 249. The Labute approximate surface area is 72.4 Å². The van der Waals surface area contributed by atoms with Gasteiger partial charge in [-0.25, -0.2) is 0 Å². The minimum Gasteiger partial charge on any atom is -0.333 e. The number of aryl methyl sites for hydroxylation is 1. The van der Waals surface area contributed by atoms with Crippen LogP contribution in [0.4, 0.5) is 6.01 Å². The van der Waals surface area contributed by atoms with Crippen LogP contribution in [0.3, 0.4) is 0 Å². The predicted molar refractivity (Wildman–Crippen MR) is 47.1 cm³/mol. The summed E-state index contributed by atoms with van der Waals surface area (Å²) in [6.07, 6.45) is 0.801. The van der Waals surface area contributed by atoms with Crippen molar-refractivity contribution in [3.05, 3.63) is 5.82 Å². The molecule has 0 aliphatic heterocycles. The molecule has 1 N–H and O–H groups in total. The molecule has 0 bridgehead atoms. The molecule has 0 fully saturated rings. The van der Waals surface area contributed by atoms with E-state index >= 15 is 0 Å². The monoisotopic (exact) mass is 169 g/mol. The molecule has 0 spiro atoms. The molecule has 0 aliphatic carbocycles. The average molecular weight is 169 g/mol. The zero-order valence-corrected chi connectivity index (χ0v) is 8.01. The second kappa shape index (κ2) is 3.13. The van der Waals surface area contributed by atoms with Gasteiger partial charge in [-0.05, 0) is 20.8 Å². The average Bonchev–Trinajstić information content (AvgIpc) is 2.32. The van der Waals surface area contributed by atoms with Gasteiger partial charge in [0.05, 0.1) is 0 Å². The fraction of sp³-hybridized carbons (Fsp3) is 0.750. The fourth-order valence-corrected chi connectivity index (χ4v) is 0.769. The minimum absolute atomic E-state index is 0.0302. The lowest BCUT2D eigenvalue weighted by molar-refractivity contribution is 0.413. The van der Waals surface area contributed by atoms with Gasteiger partial charge in [0.1, 0.15) is 0 Å². The van der Waals surface area contributed by atoms with Crippen molar-refractivity contribution in [1.82, 2.24) is 10.1 Å². The van der Waals surface area contributed by atoms with Gasteiger partial charge in [0.15, 0.2) is 5.82 Å². The standard InChI is InChI=1S/C8H15N3O/c1-5-6-9-7(12-11-6)10-8(2,3)4/h5H2,1-4H3,(H,9,10,11). The van der Waals surface area contributed by atoms with E-state index in [1.54, 1.807) is 0 Å². The van der Waals surface area contributed by atoms with Crippen LogP contribution in [-0.4, -0.2) is 15.7 Å². The van der Waals surface area contributed by atoms with Crippen LogP contribution in [0.15, 0.2) is 4.52 Å². The number of rotatable bonds is 2. The molecule has 1 aromatic heterocycles. The maximum absolute atomic E-state index is 4.96. The van der Waals surface area contributed by atoms with Crippen molar-refractivity contribution >= 4 is 6.01 Å². The summed E-state index contributed by atoms with van der Waals surface area (Å²) in [6, 6.07) is 0.499. The molecule has 1 rings (SSSR count). The highest BCUT2D eigenvalue weighted by Crippen LogP contribution is 2.11. The molecule has 4 heteroatoms. The van der Waals surface area contributed by atoms with Crippen molar-refractivity contribution in [2.45, 2.75) is 39.7 Å². The first kappa shape index (κ1) is 9.03. The van der Waals surface area contributed by atoms with Crippen molar-refractivity contribution in [3.8, 4) is 0 Å². The fourth-order valence-electron chi connectivity index (χ4n) is 0.769. The third kappa shape index (κ3) is 2.53. The van der Waals surface area contributed by atoms with E-state index in [2.05, 4.69) is 15.5 Å². The first-order valence-corrected chi connectivity index (χ1v) is 4.12. The van der Waals surface area contributed by atoms with Crippen molar-refractivity contribution in [3.63, 3.8) is 0 Å². The number of anilines is 1. The van der Waals surface area contributed by atoms with E-state index in [-0.39, 0.29) is 5.54 Å². The lowest BCUT2D eigenvalue weighted by atomic mass is 10.1. The Kier molecular flexibility index (Phi) is 2.35. The lowest BCUT2D eigenvalue weighted by Crippen LogP contribution is -2.26. The molecule has 1 heterocycles. The molecule has 0 saturated heterocycles. The molecule has 0 unspecified atom stereocenters. The Hall–Kier alpha value is -1.06. The number of nitrogens with zero attached hydrogens (tertiary/aromatic N) is 2. The van der Waals surface area contributed by atoms with Crippen molar-refractivity contribution in [1.29, 1.82) is 0 Å². The van der Waals surface area contributed by atoms with E-state index in [0.29, 0.717) is 6.01 Å². The zero-order valence-electron chi connectivity index (χ0n) is 8.01. The van der Waals surface area contributed by atoms with Crippen molar-refractivity contribution in [2.75, 3.05) is 5.32 Å². The van der Waals surface area contributed by atoms with E-state index in [1.807, 2.05) is 27.7 Å². The summed E-state index contributed by atoms with van der Waals surface area (Å²) in [5, 5.41) is 6.87.